The summed E-state index contributed by atoms with van der Waals surface area (Å²) >= 11 is 1.85. The Morgan fingerprint density at radius 3 is 2.56 bits per heavy atom. The zero-order valence-corrected chi connectivity index (χ0v) is 11.5. The van der Waals surface area contributed by atoms with Crippen molar-refractivity contribution in [2.45, 2.75) is 50.3 Å². The van der Waals surface area contributed by atoms with Crippen LogP contribution in [0.1, 0.15) is 45.9 Å². The van der Waals surface area contributed by atoms with Crippen LogP contribution in [-0.2, 0) is 0 Å². The first kappa shape index (κ1) is 13.5. The van der Waals surface area contributed by atoms with Crippen molar-refractivity contribution in [1.29, 1.82) is 0 Å². The molecule has 1 aromatic heterocycles. The molecule has 16 heavy (non-hydrogen) atoms. The SMILES string of the molecule is CCCNC(C)c1ccc(SC(C)C)cn1. The standard InChI is InChI=1S/C13H22N2S/c1-5-8-14-11(4)13-7-6-12(9-15-13)16-10(2)3/h6-7,9-11,14H,5,8H2,1-4H3. The largest absolute Gasteiger partial charge is 0.309 e. The summed E-state index contributed by atoms with van der Waals surface area (Å²) < 4.78 is 0. The van der Waals surface area contributed by atoms with Crippen LogP contribution in [-0.4, -0.2) is 16.8 Å². The normalized spacial score (nSPS) is 13.1. The maximum atomic E-state index is 4.50. The fourth-order valence-corrected chi connectivity index (χ4v) is 2.26. The average molecular weight is 238 g/mol. The van der Waals surface area contributed by atoms with Crippen LogP contribution in [0.4, 0.5) is 0 Å². The zero-order valence-electron chi connectivity index (χ0n) is 10.7. The second-order valence-corrected chi connectivity index (χ2v) is 5.91. The van der Waals surface area contributed by atoms with E-state index in [0.717, 1.165) is 18.7 Å². The van der Waals surface area contributed by atoms with Gasteiger partial charge in [-0.25, -0.2) is 0 Å². The van der Waals surface area contributed by atoms with Gasteiger partial charge in [0.2, 0.25) is 0 Å². The number of rotatable bonds is 6. The molecule has 1 N–H and O–H groups in total. The van der Waals surface area contributed by atoms with E-state index in [9.17, 15) is 0 Å². The van der Waals surface area contributed by atoms with Crippen LogP contribution in [0.25, 0.3) is 0 Å². The summed E-state index contributed by atoms with van der Waals surface area (Å²) in [6.45, 7) is 9.78. The molecular formula is C13H22N2S. The van der Waals surface area contributed by atoms with Gasteiger partial charge in [0.1, 0.15) is 0 Å². The number of nitrogens with one attached hydrogen (secondary N) is 1. The Hall–Kier alpha value is -0.540. The van der Waals surface area contributed by atoms with Crippen molar-refractivity contribution >= 4 is 11.8 Å². The van der Waals surface area contributed by atoms with E-state index in [-0.39, 0.29) is 0 Å². The second kappa shape index (κ2) is 6.92. The zero-order chi connectivity index (χ0) is 12.0. The molecule has 1 atom stereocenters. The highest BCUT2D eigenvalue weighted by molar-refractivity contribution is 7.99. The maximum Gasteiger partial charge on any atom is 0.0571 e. The van der Waals surface area contributed by atoms with E-state index < -0.39 is 0 Å². The summed E-state index contributed by atoms with van der Waals surface area (Å²) in [7, 11) is 0. The molecule has 1 unspecified atom stereocenters. The fourth-order valence-electron chi connectivity index (χ4n) is 1.46. The molecule has 0 aliphatic carbocycles. The highest BCUT2D eigenvalue weighted by Gasteiger charge is 2.06. The third-order valence-electron chi connectivity index (χ3n) is 2.28. The molecular weight excluding hydrogens is 216 g/mol. The predicted octanol–water partition coefficient (Wildman–Crippen LogP) is 3.64. The smallest absolute Gasteiger partial charge is 0.0571 e. The highest BCUT2D eigenvalue weighted by atomic mass is 32.2. The van der Waals surface area contributed by atoms with Crippen LogP contribution in [0.5, 0.6) is 0 Å². The topological polar surface area (TPSA) is 24.9 Å². The first-order chi connectivity index (χ1) is 7.63. The average Bonchev–Trinajstić information content (AvgIpc) is 2.26. The Bertz CT molecular complexity index is 295. The van der Waals surface area contributed by atoms with Gasteiger partial charge in [-0.1, -0.05) is 20.8 Å². The fraction of sp³-hybridized carbons (Fsp3) is 0.615. The van der Waals surface area contributed by atoms with Crippen LogP contribution in [0.2, 0.25) is 0 Å². The number of aromatic nitrogens is 1. The lowest BCUT2D eigenvalue weighted by atomic mass is 10.2. The molecule has 1 heterocycles. The van der Waals surface area contributed by atoms with E-state index in [1.807, 2.05) is 18.0 Å². The molecule has 0 spiro atoms. The van der Waals surface area contributed by atoms with Gasteiger partial charge in [0.15, 0.2) is 0 Å². The summed E-state index contributed by atoms with van der Waals surface area (Å²) in [6, 6.07) is 4.63. The minimum absolute atomic E-state index is 0.345. The molecule has 0 aliphatic heterocycles. The van der Waals surface area contributed by atoms with E-state index in [1.54, 1.807) is 0 Å². The molecule has 0 aromatic carbocycles. The molecule has 3 heteroatoms. The van der Waals surface area contributed by atoms with Crippen LogP contribution in [0.15, 0.2) is 23.2 Å². The summed E-state index contributed by atoms with van der Waals surface area (Å²) in [5.74, 6) is 0. The van der Waals surface area contributed by atoms with Crippen LogP contribution in [0.3, 0.4) is 0 Å². The van der Waals surface area contributed by atoms with Crippen molar-refractivity contribution < 1.29 is 0 Å². The van der Waals surface area contributed by atoms with Crippen LogP contribution >= 0.6 is 11.8 Å². The van der Waals surface area contributed by atoms with Crippen molar-refractivity contribution in [3.8, 4) is 0 Å². The van der Waals surface area contributed by atoms with Crippen molar-refractivity contribution in [3.05, 3.63) is 24.0 Å². The van der Waals surface area contributed by atoms with Crippen LogP contribution in [0, 0.1) is 0 Å². The van der Waals surface area contributed by atoms with Crippen molar-refractivity contribution in [2.24, 2.45) is 0 Å². The summed E-state index contributed by atoms with van der Waals surface area (Å²) in [4.78, 5) is 5.75. The third-order valence-corrected chi connectivity index (χ3v) is 3.26. The Morgan fingerprint density at radius 2 is 2.06 bits per heavy atom. The van der Waals surface area contributed by atoms with Crippen molar-refractivity contribution in [2.75, 3.05) is 6.54 Å². The van der Waals surface area contributed by atoms with E-state index in [2.05, 4.69) is 50.1 Å². The molecule has 1 aromatic rings. The van der Waals surface area contributed by atoms with E-state index in [0.29, 0.717) is 11.3 Å². The van der Waals surface area contributed by atoms with Gasteiger partial charge in [-0.2, -0.15) is 0 Å². The minimum atomic E-state index is 0.345. The van der Waals surface area contributed by atoms with E-state index in [4.69, 9.17) is 0 Å². The number of nitrogens with zero attached hydrogens (tertiary/aromatic N) is 1. The summed E-state index contributed by atoms with van der Waals surface area (Å²) in [5, 5.41) is 4.05. The first-order valence-electron chi connectivity index (χ1n) is 5.99. The monoisotopic (exact) mass is 238 g/mol. The summed E-state index contributed by atoms with van der Waals surface area (Å²) in [5.41, 5.74) is 1.13. The minimum Gasteiger partial charge on any atom is -0.309 e. The Balaban J connectivity index is 2.56. The highest BCUT2D eigenvalue weighted by Crippen LogP contribution is 2.22. The molecule has 90 valence electrons. The maximum absolute atomic E-state index is 4.50. The summed E-state index contributed by atoms with van der Waals surface area (Å²) in [6.07, 6.45) is 3.13. The lowest BCUT2D eigenvalue weighted by molar-refractivity contribution is 0.558. The lowest BCUT2D eigenvalue weighted by Crippen LogP contribution is -2.20. The van der Waals surface area contributed by atoms with Gasteiger partial charge in [0.05, 0.1) is 5.69 Å². The van der Waals surface area contributed by atoms with Gasteiger partial charge >= 0.3 is 0 Å². The molecule has 0 radical (unpaired) electrons. The molecule has 0 saturated carbocycles. The first-order valence-corrected chi connectivity index (χ1v) is 6.87. The van der Waals surface area contributed by atoms with E-state index >= 15 is 0 Å². The van der Waals surface area contributed by atoms with Crippen molar-refractivity contribution in [3.63, 3.8) is 0 Å². The molecule has 1 rings (SSSR count). The Kier molecular flexibility index (Phi) is 5.85. The van der Waals surface area contributed by atoms with Crippen LogP contribution < -0.4 is 5.32 Å². The van der Waals surface area contributed by atoms with Gasteiger partial charge in [0, 0.05) is 22.4 Å². The van der Waals surface area contributed by atoms with Gasteiger partial charge in [-0.15, -0.1) is 11.8 Å². The van der Waals surface area contributed by atoms with Gasteiger partial charge in [0.25, 0.3) is 0 Å². The molecule has 0 aliphatic rings. The number of hydrogen-bond acceptors (Lipinski definition) is 3. The number of hydrogen-bond donors (Lipinski definition) is 1. The predicted molar refractivity (Wildman–Crippen MR) is 71.9 cm³/mol. The van der Waals surface area contributed by atoms with Gasteiger partial charge in [-0.05, 0) is 32.0 Å². The molecule has 0 amide bonds. The quantitative estimate of drug-likeness (QED) is 0.766. The Labute approximate surface area is 103 Å². The Morgan fingerprint density at radius 1 is 1.31 bits per heavy atom. The lowest BCUT2D eigenvalue weighted by Gasteiger charge is -2.13. The molecule has 0 fully saturated rings. The molecule has 2 nitrogen and oxygen atoms in total. The molecule has 0 saturated heterocycles. The van der Waals surface area contributed by atoms with Crippen molar-refractivity contribution in [1.82, 2.24) is 10.3 Å². The molecule has 0 bridgehead atoms. The van der Waals surface area contributed by atoms with Gasteiger partial charge in [-0.3, -0.25) is 4.98 Å². The van der Waals surface area contributed by atoms with Gasteiger partial charge < -0.3 is 5.32 Å². The third kappa shape index (κ3) is 4.54. The number of thioether (sulfide) groups is 1. The second-order valence-electron chi connectivity index (χ2n) is 4.26. The van der Waals surface area contributed by atoms with E-state index in [1.165, 1.54) is 4.90 Å². The number of pyridine rings is 1.